The summed E-state index contributed by atoms with van der Waals surface area (Å²) in [7, 11) is 1.34. The van der Waals surface area contributed by atoms with Crippen LogP contribution in [-0.4, -0.2) is 108 Å². The zero-order chi connectivity index (χ0) is 34.4. The average molecular weight is 705 g/mol. The third-order valence-electron chi connectivity index (χ3n) is 10.8. The number of carbonyl (C=O) groups is 1. The van der Waals surface area contributed by atoms with E-state index in [0.29, 0.717) is 12.8 Å². The van der Waals surface area contributed by atoms with Gasteiger partial charge in [-0.1, -0.05) is 18.1 Å². The second kappa shape index (κ2) is 13.7. The molecule has 6 rings (SSSR count). The number of hydrogen-bond acceptors (Lipinski definition) is 9. The largest absolute Gasteiger partial charge is 0.394 e. The van der Waals surface area contributed by atoms with E-state index in [-0.39, 0.29) is 29.8 Å². The number of likely N-dealkylation sites (tertiary alicyclic amines) is 1. The predicted molar refractivity (Wildman–Crippen MR) is 163 cm³/mol. The van der Waals surface area contributed by atoms with Gasteiger partial charge in [0, 0.05) is 38.6 Å². The fraction of sp³-hybridized carbons (Fsp3) is 0.719. The van der Waals surface area contributed by atoms with Crippen LogP contribution in [0.3, 0.4) is 0 Å². The Morgan fingerprint density at radius 2 is 1.69 bits per heavy atom. The van der Waals surface area contributed by atoms with Gasteiger partial charge in [0.05, 0.1) is 18.4 Å². The summed E-state index contributed by atoms with van der Waals surface area (Å²) in [4.78, 5) is 15.6. The van der Waals surface area contributed by atoms with Crippen molar-refractivity contribution in [2.75, 3.05) is 26.8 Å². The standard InChI is InChI=1S/C32H41F5N4O6S/c1-46-26-24(41-16-21(38-39-41)18-14-19(33)23(35)20(34)15-18)25(43)22(17-42)47-29(26)48-27(28(44)40-12-10-32(36,37)11-13-40)31(45)8-6-30(7-9-31)4-2-3-5-30/h14-16,22,24-27,29,42-43,45H,2-13,17H2,1H3/t22-,24+,25+,26-,27+,29+/m1/s1. The van der Waals surface area contributed by atoms with Crippen LogP contribution in [0.1, 0.15) is 70.3 Å². The number of amides is 1. The highest BCUT2D eigenvalue weighted by atomic mass is 32.2. The minimum atomic E-state index is -2.89. The Labute approximate surface area is 279 Å². The van der Waals surface area contributed by atoms with Crippen molar-refractivity contribution in [2.45, 2.75) is 111 Å². The number of carbonyl (C=O) groups excluding carboxylic acids is 1. The zero-order valence-electron chi connectivity index (χ0n) is 26.5. The first-order valence-electron chi connectivity index (χ1n) is 16.4. The molecule has 4 aliphatic rings. The lowest BCUT2D eigenvalue weighted by Gasteiger charge is -2.49. The van der Waals surface area contributed by atoms with Crippen molar-refractivity contribution in [1.29, 1.82) is 0 Å². The Kier molecular flexibility index (Phi) is 10.2. The predicted octanol–water partition coefficient (Wildman–Crippen LogP) is 4.22. The van der Waals surface area contributed by atoms with Crippen molar-refractivity contribution in [1.82, 2.24) is 19.9 Å². The summed E-state index contributed by atoms with van der Waals surface area (Å²) in [6, 6.07) is 0.397. The number of alkyl halides is 2. The number of aliphatic hydroxyl groups excluding tert-OH is 2. The third-order valence-corrected chi connectivity index (χ3v) is 12.4. The van der Waals surface area contributed by atoms with Crippen molar-refractivity contribution < 1.29 is 51.5 Å². The Morgan fingerprint density at radius 3 is 2.27 bits per heavy atom. The summed E-state index contributed by atoms with van der Waals surface area (Å²) < 4.78 is 82.8. The van der Waals surface area contributed by atoms with Crippen molar-refractivity contribution in [2.24, 2.45) is 5.41 Å². The molecule has 1 aromatic heterocycles. The van der Waals surface area contributed by atoms with Crippen molar-refractivity contribution in [3.05, 3.63) is 35.8 Å². The van der Waals surface area contributed by atoms with Gasteiger partial charge in [0.15, 0.2) is 17.5 Å². The molecule has 0 radical (unpaired) electrons. The molecule has 6 atom stereocenters. The molecule has 48 heavy (non-hydrogen) atoms. The second-order valence-electron chi connectivity index (χ2n) is 13.8. The first-order chi connectivity index (χ1) is 22.8. The van der Waals surface area contributed by atoms with Crippen LogP contribution in [0.5, 0.6) is 0 Å². The Balaban J connectivity index is 1.30. The van der Waals surface area contributed by atoms with E-state index in [1.165, 1.54) is 22.9 Å². The van der Waals surface area contributed by atoms with Crippen LogP contribution in [0, 0.1) is 22.9 Å². The molecule has 0 bridgehead atoms. The fourth-order valence-electron chi connectivity index (χ4n) is 7.85. The van der Waals surface area contributed by atoms with Gasteiger partial charge in [0.1, 0.15) is 40.7 Å². The van der Waals surface area contributed by atoms with Gasteiger partial charge >= 0.3 is 0 Å². The smallest absolute Gasteiger partial charge is 0.251 e. The fourth-order valence-corrected chi connectivity index (χ4v) is 9.51. The van der Waals surface area contributed by atoms with E-state index in [1.54, 1.807) is 0 Å². The van der Waals surface area contributed by atoms with Gasteiger partial charge in [0.2, 0.25) is 5.91 Å². The van der Waals surface area contributed by atoms with Crippen LogP contribution in [0.15, 0.2) is 18.3 Å². The zero-order valence-corrected chi connectivity index (χ0v) is 27.4. The summed E-state index contributed by atoms with van der Waals surface area (Å²) in [6.07, 6.45) is 3.03. The normalized spacial score (nSPS) is 30.4. The molecule has 2 saturated carbocycles. The Hall–Kier alpha value is -2.37. The number of benzene rings is 1. The highest BCUT2D eigenvalue weighted by molar-refractivity contribution is 8.01. The quantitative estimate of drug-likeness (QED) is 0.273. The topological polar surface area (TPSA) is 130 Å². The molecular weight excluding hydrogens is 663 g/mol. The number of nitrogens with zero attached hydrogens (tertiary/aromatic N) is 4. The lowest BCUT2D eigenvalue weighted by Crippen LogP contribution is -2.59. The molecule has 0 unspecified atom stereocenters. The van der Waals surface area contributed by atoms with E-state index in [2.05, 4.69) is 10.3 Å². The Bertz CT molecular complexity index is 1440. The third kappa shape index (κ3) is 6.84. The van der Waals surface area contributed by atoms with Gasteiger partial charge < -0.3 is 29.7 Å². The molecule has 2 aliphatic heterocycles. The average Bonchev–Trinajstić information content (AvgIpc) is 3.74. The molecule has 3 N–H and O–H groups in total. The number of piperidine rings is 1. The van der Waals surface area contributed by atoms with Gasteiger partial charge in [-0.3, -0.25) is 4.79 Å². The molecule has 1 spiro atoms. The maximum atomic E-state index is 14.2. The molecule has 2 aromatic rings. The number of halogens is 5. The lowest BCUT2D eigenvalue weighted by atomic mass is 9.66. The maximum absolute atomic E-state index is 14.2. The van der Waals surface area contributed by atoms with Crippen LogP contribution in [-0.2, 0) is 14.3 Å². The molecule has 1 aromatic carbocycles. The molecule has 1 amide bonds. The number of rotatable bonds is 8. The number of thioether (sulfide) groups is 1. The van der Waals surface area contributed by atoms with E-state index in [1.807, 2.05) is 0 Å². The van der Waals surface area contributed by atoms with Crippen molar-refractivity contribution in [3.8, 4) is 11.3 Å². The highest BCUT2D eigenvalue weighted by Crippen LogP contribution is 2.54. The lowest BCUT2D eigenvalue weighted by molar-refractivity contribution is -0.186. The molecule has 10 nitrogen and oxygen atoms in total. The summed E-state index contributed by atoms with van der Waals surface area (Å²) in [5.74, 6) is -7.87. The maximum Gasteiger partial charge on any atom is 0.251 e. The number of aliphatic hydroxyl groups is 3. The number of hydrogen-bond donors (Lipinski definition) is 3. The van der Waals surface area contributed by atoms with Crippen LogP contribution in [0.25, 0.3) is 11.3 Å². The Morgan fingerprint density at radius 1 is 1.06 bits per heavy atom. The molecule has 3 heterocycles. The molecule has 2 aliphatic carbocycles. The van der Waals surface area contributed by atoms with Gasteiger partial charge in [-0.2, -0.15) is 0 Å². The summed E-state index contributed by atoms with van der Waals surface area (Å²) >= 11 is 0.964. The molecular formula is C32H41F5N4O6S. The van der Waals surface area contributed by atoms with Crippen LogP contribution in [0.4, 0.5) is 22.0 Å². The van der Waals surface area contributed by atoms with Gasteiger partial charge in [-0.25, -0.2) is 26.6 Å². The molecule has 4 fully saturated rings. The minimum Gasteiger partial charge on any atom is -0.394 e. The number of methoxy groups -OCH3 is 1. The van der Waals surface area contributed by atoms with Crippen molar-refractivity contribution >= 4 is 17.7 Å². The van der Waals surface area contributed by atoms with E-state index in [4.69, 9.17) is 9.47 Å². The van der Waals surface area contributed by atoms with Gasteiger partial charge in [0.25, 0.3) is 5.92 Å². The molecule has 266 valence electrons. The number of ether oxygens (including phenoxy) is 2. The second-order valence-corrected chi connectivity index (χ2v) is 15.0. The summed E-state index contributed by atoms with van der Waals surface area (Å²) in [5.41, 5.74) is -2.62. The molecule has 16 heteroatoms. The minimum absolute atomic E-state index is 0.0431. The number of aromatic nitrogens is 3. The van der Waals surface area contributed by atoms with Gasteiger partial charge in [-0.05, 0) is 56.1 Å². The first kappa shape index (κ1) is 35.5. The molecule has 2 saturated heterocycles. The monoisotopic (exact) mass is 704 g/mol. The highest BCUT2D eigenvalue weighted by Gasteiger charge is 2.55. The van der Waals surface area contributed by atoms with Crippen molar-refractivity contribution in [3.63, 3.8) is 0 Å². The summed E-state index contributed by atoms with van der Waals surface area (Å²) in [6.45, 7) is -0.988. The van der Waals surface area contributed by atoms with E-state index in [0.717, 1.165) is 62.4 Å². The van der Waals surface area contributed by atoms with E-state index < -0.39 is 89.4 Å². The van der Waals surface area contributed by atoms with Crippen LogP contribution < -0.4 is 0 Å². The van der Waals surface area contributed by atoms with E-state index >= 15 is 0 Å². The van der Waals surface area contributed by atoms with E-state index in [9.17, 15) is 42.1 Å². The summed E-state index contributed by atoms with van der Waals surface area (Å²) in [5, 5.41) is 40.5. The first-order valence-corrected chi connectivity index (χ1v) is 17.3. The van der Waals surface area contributed by atoms with Gasteiger partial charge in [-0.15, -0.1) is 16.9 Å². The SMILES string of the molecule is CO[C@@H]1[C@@H](n2cc(-c3cc(F)c(F)c(F)c3)nn2)[C@@H](O)[C@@H](CO)O[C@H]1S[C@@H](C(=O)N1CCC(F)(F)CC1)C1(O)CCC2(CCCC2)CC1. The van der Waals surface area contributed by atoms with Crippen LogP contribution in [0.2, 0.25) is 0 Å². The van der Waals surface area contributed by atoms with Crippen LogP contribution >= 0.6 is 11.8 Å².